The number of halogens is 1. The van der Waals surface area contributed by atoms with Gasteiger partial charge in [-0.3, -0.25) is 4.79 Å². The molecule has 0 fully saturated rings. The fourth-order valence-electron chi connectivity index (χ4n) is 2.24. The predicted molar refractivity (Wildman–Crippen MR) is 104 cm³/mol. The van der Waals surface area contributed by atoms with E-state index >= 15 is 0 Å². The Morgan fingerprint density at radius 2 is 1.74 bits per heavy atom. The molecular formula is C19H21ClN2O5. The standard InChI is InChI=1S/C19H21ClN2O5/c1-3-25-16-8-6-13(10-17(16)26-4-2)22-18(23)11-27-19(24)14-9-12(20)5-7-15(14)21/h5-10H,3-4,11,21H2,1-2H3,(H,22,23). The van der Waals surface area contributed by atoms with Crippen LogP contribution in [-0.2, 0) is 9.53 Å². The number of nitrogen functional groups attached to an aromatic ring is 1. The van der Waals surface area contributed by atoms with Crippen LogP contribution in [0.3, 0.4) is 0 Å². The number of nitrogens with two attached hydrogens (primary N) is 1. The summed E-state index contributed by atoms with van der Waals surface area (Å²) in [5, 5.41) is 2.98. The number of esters is 1. The maximum absolute atomic E-state index is 12.1. The van der Waals surface area contributed by atoms with Gasteiger partial charge in [-0.1, -0.05) is 11.6 Å². The van der Waals surface area contributed by atoms with Crippen LogP contribution in [0.15, 0.2) is 36.4 Å². The molecule has 0 aliphatic carbocycles. The Balaban J connectivity index is 1.98. The molecule has 8 heteroatoms. The summed E-state index contributed by atoms with van der Waals surface area (Å²) in [6.07, 6.45) is 0. The van der Waals surface area contributed by atoms with Crippen molar-refractivity contribution < 1.29 is 23.8 Å². The number of carbonyl (C=O) groups excluding carboxylic acids is 2. The van der Waals surface area contributed by atoms with Crippen LogP contribution in [0.25, 0.3) is 0 Å². The molecule has 7 nitrogen and oxygen atoms in total. The summed E-state index contributed by atoms with van der Waals surface area (Å²) in [5.74, 6) is -0.136. The molecule has 0 bridgehead atoms. The minimum atomic E-state index is -0.730. The highest BCUT2D eigenvalue weighted by atomic mass is 35.5. The van der Waals surface area contributed by atoms with Crippen LogP contribution >= 0.6 is 11.6 Å². The average Bonchev–Trinajstić information content (AvgIpc) is 2.64. The van der Waals surface area contributed by atoms with Crippen molar-refractivity contribution in [3.8, 4) is 11.5 Å². The average molecular weight is 393 g/mol. The molecule has 2 aromatic rings. The van der Waals surface area contributed by atoms with Gasteiger partial charge in [0.05, 0.1) is 18.8 Å². The van der Waals surface area contributed by atoms with Gasteiger partial charge in [-0.25, -0.2) is 4.79 Å². The van der Waals surface area contributed by atoms with Crippen LogP contribution in [0.5, 0.6) is 11.5 Å². The molecule has 2 rings (SSSR count). The number of amides is 1. The maximum Gasteiger partial charge on any atom is 0.340 e. The third-order valence-corrected chi connectivity index (χ3v) is 3.63. The Morgan fingerprint density at radius 1 is 1.04 bits per heavy atom. The third-order valence-electron chi connectivity index (χ3n) is 3.40. The molecule has 27 heavy (non-hydrogen) atoms. The fourth-order valence-corrected chi connectivity index (χ4v) is 2.41. The normalized spacial score (nSPS) is 10.2. The molecular weight excluding hydrogens is 372 g/mol. The van der Waals surface area contributed by atoms with Crippen LogP contribution in [0.2, 0.25) is 5.02 Å². The lowest BCUT2D eigenvalue weighted by Crippen LogP contribution is -2.21. The van der Waals surface area contributed by atoms with Gasteiger partial charge in [0.2, 0.25) is 0 Å². The Morgan fingerprint density at radius 3 is 2.44 bits per heavy atom. The minimum absolute atomic E-state index is 0.106. The first-order valence-corrected chi connectivity index (χ1v) is 8.74. The molecule has 2 aromatic carbocycles. The largest absolute Gasteiger partial charge is 0.490 e. The minimum Gasteiger partial charge on any atom is -0.490 e. The van der Waals surface area contributed by atoms with Crippen LogP contribution < -0.4 is 20.5 Å². The maximum atomic E-state index is 12.1. The number of hydrogen-bond donors (Lipinski definition) is 2. The lowest BCUT2D eigenvalue weighted by molar-refractivity contribution is -0.119. The Bertz CT molecular complexity index is 826. The molecule has 0 spiro atoms. The lowest BCUT2D eigenvalue weighted by atomic mass is 10.2. The molecule has 1 amide bonds. The molecule has 0 unspecified atom stereocenters. The molecule has 0 aliphatic rings. The number of ether oxygens (including phenoxy) is 3. The first-order valence-electron chi connectivity index (χ1n) is 8.36. The van der Waals surface area contributed by atoms with Gasteiger partial charge in [-0.05, 0) is 44.2 Å². The first kappa shape index (κ1) is 20.4. The third kappa shape index (κ3) is 5.79. The lowest BCUT2D eigenvalue weighted by Gasteiger charge is -2.13. The van der Waals surface area contributed by atoms with Gasteiger partial charge in [0.15, 0.2) is 18.1 Å². The van der Waals surface area contributed by atoms with Crippen LogP contribution in [-0.4, -0.2) is 31.7 Å². The van der Waals surface area contributed by atoms with E-state index in [2.05, 4.69) is 5.32 Å². The van der Waals surface area contributed by atoms with Gasteiger partial charge in [0, 0.05) is 22.5 Å². The molecule has 144 valence electrons. The zero-order valence-corrected chi connectivity index (χ0v) is 15.8. The topological polar surface area (TPSA) is 99.9 Å². The van der Waals surface area contributed by atoms with E-state index in [1.165, 1.54) is 12.1 Å². The second-order valence-corrected chi connectivity index (χ2v) is 5.82. The van der Waals surface area contributed by atoms with Gasteiger partial charge >= 0.3 is 5.97 Å². The van der Waals surface area contributed by atoms with E-state index in [4.69, 9.17) is 31.5 Å². The van der Waals surface area contributed by atoms with E-state index in [-0.39, 0.29) is 11.3 Å². The number of rotatable bonds is 8. The van der Waals surface area contributed by atoms with Crippen molar-refractivity contribution in [1.82, 2.24) is 0 Å². The van der Waals surface area contributed by atoms with E-state index in [0.29, 0.717) is 35.4 Å². The van der Waals surface area contributed by atoms with E-state index < -0.39 is 18.5 Å². The van der Waals surface area contributed by atoms with Crippen molar-refractivity contribution in [3.63, 3.8) is 0 Å². The van der Waals surface area contributed by atoms with Crippen molar-refractivity contribution in [1.29, 1.82) is 0 Å². The zero-order valence-electron chi connectivity index (χ0n) is 15.1. The SMILES string of the molecule is CCOc1ccc(NC(=O)COC(=O)c2cc(Cl)ccc2N)cc1OCC. The monoisotopic (exact) mass is 392 g/mol. The molecule has 0 saturated carbocycles. The van der Waals surface area contributed by atoms with Gasteiger partial charge < -0.3 is 25.3 Å². The van der Waals surface area contributed by atoms with Crippen molar-refractivity contribution in [2.24, 2.45) is 0 Å². The summed E-state index contributed by atoms with van der Waals surface area (Å²) in [5.41, 5.74) is 6.54. The summed E-state index contributed by atoms with van der Waals surface area (Å²) in [6.45, 7) is 4.20. The summed E-state index contributed by atoms with van der Waals surface area (Å²) in [6, 6.07) is 9.45. The van der Waals surface area contributed by atoms with Gasteiger partial charge in [0.1, 0.15) is 0 Å². The van der Waals surface area contributed by atoms with E-state index in [1.54, 1.807) is 24.3 Å². The Hall–Kier alpha value is -2.93. The highest BCUT2D eigenvalue weighted by Gasteiger charge is 2.15. The molecule has 0 aliphatic heterocycles. The number of hydrogen-bond acceptors (Lipinski definition) is 6. The van der Waals surface area contributed by atoms with Crippen LogP contribution in [0.4, 0.5) is 11.4 Å². The van der Waals surface area contributed by atoms with E-state index in [1.807, 2.05) is 13.8 Å². The van der Waals surface area contributed by atoms with Gasteiger partial charge in [-0.15, -0.1) is 0 Å². The summed E-state index contributed by atoms with van der Waals surface area (Å²) in [4.78, 5) is 24.1. The molecule has 3 N–H and O–H groups in total. The Labute approximate surface area is 162 Å². The fraction of sp³-hybridized carbons (Fsp3) is 0.263. The molecule has 0 saturated heterocycles. The molecule has 0 aromatic heterocycles. The number of anilines is 2. The predicted octanol–water partition coefficient (Wildman–Crippen LogP) is 3.52. The van der Waals surface area contributed by atoms with E-state index in [9.17, 15) is 9.59 Å². The highest BCUT2D eigenvalue weighted by molar-refractivity contribution is 6.31. The summed E-state index contributed by atoms with van der Waals surface area (Å²) in [7, 11) is 0. The number of nitrogens with one attached hydrogen (secondary N) is 1. The first-order chi connectivity index (χ1) is 12.9. The molecule has 0 heterocycles. The second-order valence-electron chi connectivity index (χ2n) is 5.38. The summed E-state index contributed by atoms with van der Waals surface area (Å²) < 4.78 is 16.0. The zero-order chi connectivity index (χ0) is 19.8. The number of benzene rings is 2. The van der Waals surface area contributed by atoms with E-state index in [0.717, 1.165) is 0 Å². The van der Waals surface area contributed by atoms with Gasteiger partial charge in [-0.2, -0.15) is 0 Å². The van der Waals surface area contributed by atoms with Crippen molar-refractivity contribution >= 4 is 34.9 Å². The van der Waals surface area contributed by atoms with Crippen molar-refractivity contribution in [2.45, 2.75) is 13.8 Å². The van der Waals surface area contributed by atoms with Crippen LogP contribution in [0, 0.1) is 0 Å². The smallest absolute Gasteiger partial charge is 0.340 e. The highest BCUT2D eigenvalue weighted by Crippen LogP contribution is 2.30. The second kappa shape index (κ2) is 9.68. The van der Waals surface area contributed by atoms with Crippen LogP contribution in [0.1, 0.15) is 24.2 Å². The quantitative estimate of drug-likeness (QED) is 0.526. The van der Waals surface area contributed by atoms with Gasteiger partial charge in [0.25, 0.3) is 5.91 Å². The molecule has 0 radical (unpaired) electrons. The van der Waals surface area contributed by atoms with Crippen molar-refractivity contribution in [3.05, 3.63) is 47.0 Å². The number of carbonyl (C=O) groups is 2. The Kier molecular flexibility index (Phi) is 7.31. The van der Waals surface area contributed by atoms with Crippen molar-refractivity contribution in [2.75, 3.05) is 30.9 Å². The summed E-state index contributed by atoms with van der Waals surface area (Å²) >= 11 is 5.84. The molecule has 0 atom stereocenters.